The third kappa shape index (κ3) is 5.39. The van der Waals surface area contributed by atoms with Crippen LogP contribution in [-0.4, -0.2) is 50.4 Å². The van der Waals surface area contributed by atoms with E-state index in [0.29, 0.717) is 18.3 Å². The molecule has 8 heteroatoms. The third-order valence-electron chi connectivity index (χ3n) is 6.94. The number of hydrogen-bond donors (Lipinski definition) is 1. The van der Waals surface area contributed by atoms with Crippen molar-refractivity contribution in [3.05, 3.63) is 83.0 Å². The Kier molecular flexibility index (Phi) is 6.95. The van der Waals surface area contributed by atoms with E-state index in [4.69, 9.17) is 4.52 Å². The molecule has 4 aromatic rings. The van der Waals surface area contributed by atoms with E-state index in [2.05, 4.69) is 57.5 Å². The summed E-state index contributed by atoms with van der Waals surface area (Å²) >= 11 is 0. The lowest BCUT2D eigenvalue weighted by Crippen LogP contribution is -2.38. The summed E-state index contributed by atoms with van der Waals surface area (Å²) in [4.78, 5) is 19.5. The molecule has 1 aliphatic rings. The fourth-order valence-electron chi connectivity index (χ4n) is 4.69. The SMILES string of the molecule is Cc1ccc(C)c(CN2CCC(CNC(=O)c3nc(-c4cn(-c5ccccc5)nc4C)no3)CC2)c1. The van der Waals surface area contributed by atoms with Gasteiger partial charge in [-0.2, -0.15) is 10.1 Å². The van der Waals surface area contributed by atoms with Crippen LogP contribution in [0.5, 0.6) is 0 Å². The normalized spacial score (nSPS) is 14.8. The molecular weight excluding hydrogens is 452 g/mol. The molecule has 0 atom stereocenters. The van der Waals surface area contributed by atoms with Crippen LogP contribution in [0.2, 0.25) is 0 Å². The van der Waals surface area contributed by atoms with Crippen molar-refractivity contribution < 1.29 is 9.32 Å². The highest BCUT2D eigenvalue weighted by molar-refractivity contribution is 5.89. The van der Waals surface area contributed by atoms with Crippen LogP contribution in [0.1, 0.15) is 45.9 Å². The first-order valence-corrected chi connectivity index (χ1v) is 12.5. The number of benzene rings is 2. The van der Waals surface area contributed by atoms with Crippen molar-refractivity contribution in [1.82, 2.24) is 30.1 Å². The first kappa shape index (κ1) is 23.9. The van der Waals surface area contributed by atoms with Crippen LogP contribution in [0.3, 0.4) is 0 Å². The zero-order valence-electron chi connectivity index (χ0n) is 21.1. The molecule has 1 amide bonds. The number of aromatic nitrogens is 4. The van der Waals surface area contributed by atoms with Gasteiger partial charge >= 0.3 is 11.8 Å². The Morgan fingerprint density at radius 2 is 1.86 bits per heavy atom. The zero-order chi connectivity index (χ0) is 25.1. The lowest BCUT2D eigenvalue weighted by Gasteiger charge is -2.32. The summed E-state index contributed by atoms with van der Waals surface area (Å²) in [5.74, 6) is 0.445. The summed E-state index contributed by atoms with van der Waals surface area (Å²) < 4.78 is 7.05. The number of aryl methyl sites for hydroxylation is 3. The first-order chi connectivity index (χ1) is 17.5. The maximum atomic E-state index is 12.7. The highest BCUT2D eigenvalue weighted by Crippen LogP contribution is 2.23. The molecule has 0 aliphatic carbocycles. The average Bonchev–Trinajstić information content (AvgIpc) is 3.53. The van der Waals surface area contributed by atoms with Crippen molar-refractivity contribution >= 4 is 5.91 Å². The Bertz CT molecular complexity index is 1340. The van der Waals surface area contributed by atoms with E-state index in [1.54, 1.807) is 4.68 Å². The van der Waals surface area contributed by atoms with Gasteiger partial charge in [-0.15, -0.1) is 0 Å². The number of para-hydroxylation sites is 1. The molecule has 8 nitrogen and oxygen atoms in total. The van der Waals surface area contributed by atoms with Crippen LogP contribution in [-0.2, 0) is 6.54 Å². The van der Waals surface area contributed by atoms with Crippen molar-refractivity contribution in [1.29, 1.82) is 0 Å². The molecule has 3 heterocycles. The second-order valence-corrected chi connectivity index (χ2v) is 9.69. The Balaban J connectivity index is 1.13. The van der Waals surface area contributed by atoms with Crippen molar-refractivity contribution in [2.45, 2.75) is 40.2 Å². The summed E-state index contributed by atoms with van der Waals surface area (Å²) in [6.07, 6.45) is 3.96. The molecule has 36 heavy (non-hydrogen) atoms. The quantitative estimate of drug-likeness (QED) is 0.416. The number of likely N-dealkylation sites (tertiary alicyclic amines) is 1. The van der Waals surface area contributed by atoms with Gasteiger partial charge in [0, 0.05) is 19.3 Å². The number of hydrogen-bond acceptors (Lipinski definition) is 6. The number of nitrogens with zero attached hydrogens (tertiary/aromatic N) is 5. The Labute approximate surface area is 211 Å². The largest absolute Gasteiger partial charge is 0.348 e. The molecule has 2 aromatic carbocycles. The molecular formula is C28H32N6O2. The van der Waals surface area contributed by atoms with Gasteiger partial charge in [-0.3, -0.25) is 9.69 Å². The molecule has 0 radical (unpaired) electrons. The van der Waals surface area contributed by atoms with E-state index in [1.165, 1.54) is 16.7 Å². The van der Waals surface area contributed by atoms with Gasteiger partial charge in [0.2, 0.25) is 5.82 Å². The molecule has 1 aliphatic heterocycles. The predicted octanol–water partition coefficient (Wildman–Crippen LogP) is 4.49. The molecule has 186 valence electrons. The molecule has 1 saturated heterocycles. The van der Waals surface area contributed by atoms with E-state index in [9.17, 15) is 4.79 Å². The van der Waals surface area contributed by atoms with Gasteiger partial charge in [-0.25, -0.2) is 4.68 Å². The lowest BCUT2D eigenvalue weighted by molar-refractivity contribution is 0.0891. The van der Waals surface area contributed by atoms with Gasteiger partial charge < -0.3 is 9.84 Å². The van der Waals surface area contributed by atoms with E-state index >= 15 is 0 Å². The number of rotatable bonds is 7. The van der Waals surface area contributed by atoms with E-state index in [-0.39, 0.29) is 11.8 Å². The Morgan fingerprint density at radius 3 is 2.64 bits per heavy atom. The lowest BCUT2D eigenvalue weighted by atomic mass is 9.96. The molecule has 2 aromatic heterocycles. The van der Waals surface area contributed by atoms with Gasteiger partial charge in [-0.05, 0) is 75.9 Å². The zero-order valence-corrected chi connectivity index (χ0v) is 21.1. The van der Waals surface area contributed by atoms with E-state index in [1.807, 2.05) is 43.5 Å². The highest BCUT2D eigenvalue weighted by Gasteiger charge is 2.23. The average molecular weight is 485 g/mol. The maximum Gasteiger partial charge on any atom is 0.316 e. The monoisotopic (exact) mass is 484 g/mol. The number of carbonyl (C=O) groups is 1. The van der Waals surface area contributed by atoms with Crippen molar-refractivity contribution in [3.8, 4) is 17.1 Å². The number of piperidine rings is 1. The predicted molar refractivity (Wildman–Crippen MR) is 138 cm³/mol. The van der Waals surface area contributed by atoms with Crippen molar-refractivity contribution in [2.24, 2.45) is 5.92 Å². The molecule has 5 rings (SSSR count). The second kappa shape index (κ2) is 10.5. The van der Waals surface area contributed by atoms with Crippen LogP contribution in [0, 0.1) is 26.7 Å². The van der Waals surface area contributed by atoms with Gasteiger partial charge in [0.1, 0.15) is 0 Å². The molecule has 1 fully saturated rings. The number of carbonyl (C=O) groups excluding carboxylic acids is 1. The summed E-state index contributed by atoms with van der Waals surface area (Å²) in [5, 5.41) is 11.6. The van der Waals surface area contributed by atoms with Crippen LogP contribution >= 0.6 is 0 Å². The van der Waals surface area contributed by atoms with Gasteiger partial charge in [0.25, 0.3) is 0 Å². The summed E-state index contributed by atoms with van der Waals surface area (Å²) in [6.45, 7) is 9.86. The number of nitrogens with one attached hydrogen (secondary N) is 1. The smallest absolute Gasteiger partial charge is 0.316 e. The first-order valence-electron chi connectivity index (χ1n) is 12.5. The molecule has 0 spiro atoms. The minimum Gasteiger partial charge on any atom is -0.348 e. The van der Waals surface area contributed by atoms with Crippen molar-refractivity contribution in [3.63, 3.8) is 0 Å². The summed E-state index contributed by atoms with van der Waals surface area (Å²) in [7, 11) is 0. The van der Waals surface area contributed by atoms with Crippen LogP contribution in [0.4, 0.5) is 0 Å². The van der Waals surface area contributed by atoms with Crippen LogP contribution < -0.4 is 5.32 Å². The topological polar surface area (TPSA) is 89.1 Å². The minimum atomic E-state index is -0.334. The van der Waals surface area contributed by atoms with Gasteiger partial charge in [0.05, 0.1) is 16.9 Å². The number of amides is 1. The fraction of sp³-hybridized carbons (Fsp3) is 0.357. The molecule has 0 saturated carbocycles. The van der Waals surface area contributed by atoms with Gasteiger partial charge in [-0.1, -0.05) is 47.1 Å². The standard InChI is InChI=1S/C28H32N6O2/c1-19-9-10-20(2)23(15-19)17-33-13-11-22(12-14-33)16-29-27(35)28-30-26(32-36-28)25-18-34(31-21(25)3)24-7-5-4-6-8-24/h4-10,15,18,22H,11-14,16-17H2,1-3H3,(H,29,35). The Hall–Kier alpha value is -3.78. The van der Waals surface area contributed by atoms with Crippen molar-refractivity contribution in [2.75, 3.05) is 19.6 Å². The molecule has 1 N–H and O–H groups in total. The van der Waals surface area contributed by atoms with E-state index < -0.39 is 0 Å². The van der Waals surface area contributed by atoms with E-state index in [0.717, 1.165) is 49.4 Å². The fourth-order valence-corrected chi connectivity index (χ4v) is 4.69. The summed E-state index contributed by atoms with van der Waals surface area (Å²) in [5.41, 5.74) is 6.48. The minimum absolute atomic E-state index is 0.0239. The Morgan fingerprint density at radius 1 is 1.08 bits per heavy atom. The third-order valence-corrected chi connectivity index (χ3v) is 6.94. The van der Waals surface area contributed by atoms with Crippen LogP contribution in [0.15, 0.2) is 59.3 Å². The molecule has 0 unspecified atom stereocenters. The summed E-state index contributed by atoms with van der Waals surface area (Å²) in [6, 6.07) is 16.5. The maximum absolute atomic E-state index is 12.7. The van der Waals surface area contributed by atoms with Gasteiger partial charge in [0.15, 0.2) is 0 Å². The van der Waals surface area contributed by atoms with Crippen LogP contribution in [0.25, 0.3) is 17.1 Å². The second-order valence-electron chi connectivity index (χ2n) is 9.69. The highest BCUT2D eigenvalue weighted by atomic mass is 16.5. The molecule has 0 bridgehead atoms.